The lowest BCUT2D eigenvalue weighted by Crippen LogP contribution is -2.56. The number of nitrogens with one attached hydrogen (secondary N) is 1. The van der Waals surface area contributed by atoms with Crippen molar-refractivity contribution in [3.8, 4) is 11.1 Å². The fourth-order valence-electron chi connectivity index (χ4n) is 5.72. The lowest BCUT2D eigenvalue weighted by Gasteiger charge is -2.39. The van der Waals surface area contributed by atoms with Gasteiger partial charge in [-0.25, -0.2) is 4.79 Å². The number of piperidine rings is 1. The minimum atomic E-state index is -0.893. The molecule has 0 radical (unpaired) electrons. The van der Waals surface area contributed by atoms with Crippen molar-refractivity contribution in [2.75, 3.05) is 19.8 Å². The standard InChI is InChI=1S/C27H30N2O6/c1-16-17(26(31)32)11-6-13-29(16)25(30)24-23(12-14-34-24)28-27(33)35-15-22-20-9-4-2-7-18(20)19-8-3-5-10-21(19)22/h2-5,7-10,16-17,22-24H,6,11-15H2,1H3,(H,28,33)(H,31,32)/t16-,17-,23?,24?/m0/s1. The summed E-state index contributed by atoms with van der Waals surface area (Å²) in [7, 11) is 0. The number of hydrogen-bond acceptors (Lipinski definition) is 5. The molecular weight excluding hydrogens is 448 g/mol. The Hall–Kier alpha value is -3.39. The largest absolute Gasteiger partial charge is 0.481 e. The maximum Gasteiger partial charge on any atom is 0.407 e. The Kier molecular flexibility index (Phi) is 6.47. The van der Waals surface area contributed by atoms with E-state index in [2.05, 4.69) is 29.6 Å². The molecule has 0 saturated carbocycles. The molecule has 2 aliphatic heterocycles. The van der Waals surface area contributed by atoms with Gasteiger partial charge in [-0.3, -0.25) is 9.59 Å². The fourth-order valence-corrected chi connectivity index (χ4v) is 5.72. The number of alkyl carbamates (subject to hydrolysis) is 1. The van der Waals surface area contributed by atoms with Gasteiger partial charge in [0, 0.05) is 25.1 Å². The molecule has 2 N–H and O–H groups in total. The van der Waals surface area contributed by atoms with E-state index in [1.807, 2.05) is 24.3 Å². The van der Waals surface area contributed by atoms with Crippen molar-refractivity contribution in [2.45, 2.75) is 50.3 Å². The van der Waals surface area contributed by atoms with Gasteiger partial charge in [0.05, 0.1) is 12.0 Å². The highest BCUT2D eigenvalue weighted by molar-refractivity contribution is 5.84. The first kappa shape index (κ1) is 23.4. The number of nitrogens with zero attached hydrogens (tertiary/aromatic N) is 1. The average molecular weight is 479 g/mol. The molecule has 0 bridgehead atoms. The quantitative estimate of drug-likeness (QED) is 0.683. The lowest BCUT2D eigenvalue weighted by molar-refractivity contribution is -0.153. The third kappa shape index (κ3) is 4.38. The highest BCUT2D eigenvalue weighted by Gasteiger charge is 2.43. The van der Waals surface area contributed by atoms with Crippen molar-refractivity contribution in [3.05, 3.63) is 59.7 Å². The van der Waals surface area contributed by atoms with Crippen LogP contribution >= 0.6 is 0 Å². The van der Waals surface area contributed by atoms with Crippen LogP contribution in [-0.4, -0.2) is 65.9 Å². The van der Waals surface area contributed by atoms with Gasteiger partial charge in [-0.15, -0.1) is 0 Å². The van der Waals surface area contributed by atoms with Crippen LogP contribution in [-0.2, 0) is 19.1 Å². The zero-order valence-electron chi connectivity index (χ0n) is 19.7. The van der Waals surface area contributed by atoms with Gasteiger partial charge in [-0.05, 0) is 48.4 Å². The predicted octanol–water partition coefficient (Wildman–Crippen LogP) is 3.39. The number of carbonyl (C=O) groups is 3. The number of amides is 2. The maximum atomic E-state index is 13.2. The summed E-state index contributed by atoms with van der Waals surface area (Å²) in [5.41, 5.74) is 4.57. The van der Waals surface area contributed by atoms with Gasteiger partial charge >= 0.3 is 12.1 Å². The number of likely N-dealkylation sites (tertiary alicyclic amines) is 1. The van der Waals surface area contributed by atoms with Gasteiger partial charge in [0.15, 0.2) is 6.10 Å². The predicted molar refractivity (Wildman–Crippen MR) is 128 cm³/mol. The van der Waals surface area contributed by atoms with E-state index in [9.17, 15) is 19.5 Å². The molecule has 2 saturated heterocycles. The lowest BCUT2D eigenvalue weighted by atomic mass is 9.89. The number of carbonyl (C=O) groups excluding carboxylic acids is 2. The van der Waals surface area contributed by atoms with E-state index in [4.69, 9.17) is 9.47 Å². The summed E-state index contributed by atoms with van der Waals surface area (Å²) in [6.07, 6.45) is 0.239. The molecule has 2 amide bonds. The van der Waals surface area contributed by atoms with Crippen LogP contribution in [0.2, 0.25) is 0 Å². The van der Waals surface area contributed by atoms with E-state index in [0.717, 1.165) is 22.3 Å². The first-order chi connectivity index (χ1) is 17.0. The number of hydrogen-bond donors (Lipinski definition) is 2. The second kappa shape index (κ2) is 9.70. The molecule has 8 heteroatoms. The molecule has 35 heavy (non-hydrogen) atoms. The molecular formula is C27H30N2O6. The highest BCUT2D eigenvalue weighted by atomic mass is 16.6. The fraction of sp³-hybridized carbons (Fsp3) is 0.444. The summed E-state index contributed by atoms with van der Waals surface area (Å²) in [5, 5.41) is 12.3. The number of aliphatic carboxylic acids is 1. The molecule has 2 aromatic rings. The molecule has 8 nitrogen and oxygen atoms in total. The number of benzene rings is 2. The van der Waals surface area contributed by atoms with Crippen LogP contribution in [0.25, 0.3) is 11.1 Å². The minimum absolute atomic E-state index is 0.0486. The maximum absolute atomic E-state index is 13.2. The Morgan fingerprint density at radius 3 is 2.37 bits per heavy atom. The van der Waals surface area contributed by atoms with Crippen LogP contribution < -0.4 is 5.32 Å². The van der Waals surface area contributed by atoms with Crippen LogP contribution in [0, 0.1) is 5.92 Å². The third-order valence-corrected chi connectivity index (χ3v) is 7.57. The van der Waals surface area contributed by atoms with E-state index in [1.165, 1.54) is 0 Å². The average Bonchev–Trinajstić information content (AvgIpc) is 3.44. The Bertz CT molecular complexity index is 1090. The van der Waals surface area contributed by atoms with Crippen LogP contribution in [0.3, 0.4) is 0 Å². The Morgan fingerprint density at radius 2 is 1.71 bits per heavy atom. The summed E-state index contributed by atoms with van der Waals surface area (Å²) >= 11 is 0. The van der Waals surface area contributed by atoms with Crippen molar-refractivity contribution < 1.29 is 29.0 Å². The molecule has 3 aliphatic rings. The second-order valence-electron chi connectivity index (χ2n) is 9.52. The summed E-state index contributed by atoms with van der Waals surface area (Å²) in [5.74, 6) is -1.81. The number of fused-ring (bicyclic) bond motifs is 3. The van der Waals surface area contributed by atoms with E-state index in [1.54, 1.807) is 11.8 Å². The van der Waals surface area contributed by atoms with E-state index in [-0.39, 0.29) is 18.4 Å². The monoisotopic (exact) mass is 478 g/mol. The number of carboxylic acid groups (broad SMARTS) is 1. The Balaban J connectivity index is 1.22. The van der Waals surface area contributed by atoms with Crippen LogP contribution in [0.15, 0.2) is 48.5 Å². The normalized spacial score (nSPS) is 25.6. The summed E-state index contributed by atoms with van der Waals surface area (Å²) in [4.78, 5) is 39.1. The molecule has 2 fully saturated rings. The van der Waals surface area contributed by atoms with Crippen molar-refractivity contribution >= 4 is 18.0 Å². The molecule has 0 spiro atoms. The van der Waals surface area contributed by atoms with Gasteiger partial charge in [0.25, 0.3) is 5.91 Å². The van der Waals surface area contributed by atoms with Gasteiger partial charge < -0.3 is 24.8 Å². The highest BCUT2D eigenvalue weighted by Crippen LogP contribution is 2.44. The van der Waals surface area contributed by atoms with E-state index in [0.29, 0.717) is 32.4 Å². The molecule has 2 heterocycles. The van der Waals surface area contributed by atoms with Crippen molar-refractivity contribution in [1.29, 1.82) is 0 Å². The molecule has 4 atom stereocenters. The number of rotatable bonds is 5. The molecule has 5 rings (SSSR count). The van der Waals surface area contributed by atoms with Gasteiger partial charge in [-0.2, -0.15) is 0 Å². The summed E-state index contributed by atoms with van der Waals surface area (Å²) in [6.45, 7) is 2.78. The van der Waals surface area contributed by atoms with Gasteiger partial charge in [-0.1, -0.05) is 48.5 Å². The first-order valence-electron chi connectivity index (χ1n) is 12.2. The molecule has 2 aromatic carbocycles. The Morgan fingerprint density at radius 1 is 1.06 bits per heavy atom. The zero-order valence-corrected chi connectivity index (χ0v) is 19.7. The SMILES string of the molecule is C[C@H]1[C@@H](C(=O)O)CCCN1C(=O)C1OCCC1NC(=O)OCC1c2ccccc2-c2ccccc21. The van der Waals surface area contributed by atoms with Crippen LogP contribution in [0.1, 0.15) is 43.2 Å². The molecule has 1 aliphatic carbocycles. The number of ether oxygens (including phenoxy) is 2. The second-order valence-corrected chi connectivity index (χ2v) is 9.52. The number of carboxylic acids is 1. The van der Waals surface area contributed by atoms with Gasteiger partial charge in [0.1, 0.15) is 6.61 Å². The smallest absolute Gasteiger partial charge is 0.407 e. The molecule has 184 valence electrons. The van der Waals surface area contributed by atoms with Crippen molar-refractivity contribution in [1.82, 2.24) is 10.2 Å². The van der Waals surface area contributed by atoms with Gasteiger partial charge in [0.2, 0.25) is 0 Å². The van der Waals surface area contributed by atoms with Crippen LogP contribution in [0.4, 0.5) is 4.79 Å². The minimum Gasteiger partial charge on any atom is -0.481 e. The molecule has 0 aromatic heterocycles. The van der Waals surface area contributed by atoms with E-state index < -0.39 is 36.2 Å². The third-order valence-electron chi connectivity index (χ3n) is 7.57. The summed E-state index contributed by atoms with van der Waals surface area (Å²) in [6, 6.07) is 15.3. The van der Waals surface area contributed by atoms with Crippen LogP contribution in [0.5, 0.6) is 0 Å². The topological polar surface area (TPSA) is 105 Å². The summed E-state index contributed by atoms with van der Waals surface area (Å²) < 4.78 is 11.3. The first-order valence-corrected chi connectivity index (χ1v) is 12.2. The Labute approximate surface area is 204 Å². The zero-order chi connectivity index (χ0) is 24.5. The molecule has 2 unspecified atom stereocenters. The van der Waals surface area contributed by atoms with Crippen molar-refractivity contribution in [2.24, 2.45) is 5.92 Å². The van der Waals surface area contributed by atoms with E-state index >= 15 is 0 Å². The van der Waals surface area contributed by atoms with Crippen molar-refractivity contribution in [3.63, 3.8) is 0 Å².